The Morgan fingerprint density at radius 2 is 1.52 bits per heavy atom. The third-order valence-electron chi connectivity index (χ3n) is 4.72. The van der Waals surface area contributed by atoms with Gasteiger partial charge in [0.05, 0.1) is 20.2 Å². The van der Waals surface area contributed by atoms with Crippen LogP contribution in [0.2, 0.25) is 0 Å². The van der Waals surface area contributed by atoms with Crippen LogP contribution in [0.5, 0.6) is 5.75 Å². The Labute approximate surface area is 167 Å². The van der Waals surface area contributed by atoms with E-state index < -0.39 is 0 Å². The second kappa shape index (κ2) is 8.37. The van der Waals surface area contributed by atoms with Crippen LogP contribution in [-0.4, -0.2) is 68.2 Å². The highest BCUT2D eigenvalue weighted by atomic mass is 16.5. The average Bonchev–Trinajstić information content (AvgIpc) is 3.17. The van der Waals surface area contributed by atoms with E-state index in [0.717, 1.165) is 37.5 Å². The van der Waals surface area contributed by atoms with Gasteiger partial charge < -0.3 is 20.7 Å². The van der Waals surface area contributed by atoms with E-state index >= 15 is 0 Å². The molecule has 11 heteroatoms. The van der Waals surface area contributed by atoms with Gasteiger partial charge in [-0.1, -0.05) is 5.16 Å². The summed E-state index contributed by atoms with van der Waals surface area (Å²) in [6, 6.07) is 7.57. The third-order valence-corrected chi connectivity index (χ3v) is 4.72. The van der Waals surface area contributed by atoms with E-state index in [4.69, 9.17) is 20.7 Å². The van der Waals surface area contributed by atoms with Gasteiger partial charge in [-0.05, 0) is 24.3 Å². The maximum absolute atomic E-state index is 5.63. The minimum absolute atomic E-state index is 0.148. The normalized spacial score (nSPS) is 15.5. The number of rotatable bonds is 6. The molecule has 0 unspecified atom stereocenters. The molecule has 0 saturated carbocycles. The lowest BCUT2D eigenvalue weighted by Crippen LogP contribution is -2.45. The van der Waals surface area contributed by atoms with E-state index in [0.29, 0.717) is 30.6 Å². The molecule has 1 aromatic carbocycles. The van der Waals surface area contributed by atoms with Gasteiger partial charge in [0.25, 0.3) is 0 Å². The number of anilines is 2. The number of aromatic nitrogens is 5. The molecule has 4 N–H and O–H groups in total. The molecule has 29 heavy (non-hydrogen) atoms. The molecule has 0 aliphatic carbocycles. The highest BCUT2D eigenvalue weighted by Gasteiger charge is 2.20. The number of benzene rings is 1. The number of nitrogen functional groups attached to an aromatic ring is 2. The van der Waals surface area contributed by atoms with Crippen LogP contribution in [0.25, 0.3) is 11.4 Å². The summed E-state index contributed by atoms with van der Waals surface area (Å²) in [5.74, 6) is 2.85. The zero-order chi connectivity index (χ0) is 20.2. The van der Waals surface area contributed by atoms with E-state index in [1.165, 1.54) is 0 Å². The van der Waals surface area contributed by atoms with E-state index in [-0.39, 0.29) is 11.9 Å². The molecule has 11 nitrogen and oxygen atoms in total. The first-order chi connectivity index (χ1) is 14.1. The minimum atomic E-state index is 0.148. The van der Waals surface area contributed by atoms with Crippen LogP contribution in [0.1, 0.15) is 11.7 Å². The second-order valence-electron chi connectivity index (χ2n) is 6.76. The molecule has 152 valence electrons. The first kappa shape index (κ1) is 19.0. The van der Waals surface area contributed by atoms with Crippen molar-refractivity contribution in [3.63, 3.8) is 0 Å². The summed E-state index contributed by atoms with van der Waals surface area (Å²) in [6.45, 7) is 4.68. The SMILES string of the molecule is COc1ccc(-c2noc(CN3CCN(Cc4nc(N)nc(N)n4)CC3)n2)cc1. The van der Waals surface area contributed by atoms with Gasteiger partial charge in [-0.25, -0.2) is 0 Å². The Morgan fingerprint density at radius 1 is 0.897 bits per heavy atom. The van der Waals surface area contributed by atoms with Crippen LogP contribution >= 0.6 is 0 Å². The lowest BCUT2D eigenvalue weighted by molar-refractivity contribution is 0.110. The molecule has 3 heterocycles. The number of hydrogen-bond acceptors (Lipinski definition) is 11. The van der Waals surface area contributed by atoms with Gasteiger partial charge in [-0.3, -0.25) is 9.80 Å². The molecule has 0 amide bonds. The highest BCUT2D eigenvalue weighted by molar-refractivity contribution is 5.55. The smallest absolute Gasteiger partial charge is 0.241 e. The number of methoxy groups -OCH3 is 1. The summed E-state index contributed by atoms with van der Waals surface area (Å²) < 4.78 is 10.6. The van der Waals surface area contributed by atoms with E-state index in [1.807, 2.05) is 24.3 Å². The molecule has 0 bridgehead atoms. The number of hydrogen-bond donors (Lipinski definition) is 2. The van der Waals surface area contributed by atoms with Crippen molar-refractivity contribution in [3.8, 4) is 17.1 Å². The highest BCUT2D eigenvalue weighted by Crippen LogP contribution is 2.20. The van der Waals surface area contributed by atoms with Gasteiger partial charge in [0.2, 0.25) is 23.6 Å². The molecule has 0 spiro atoms. The largest absolute Gasteiger partial charge is 0.497 e. The number of nitrogens with two attached hydrogens (primary N) is 2. The Hall–Kier alpha value is -3.31. The van der Waals surface area contributed by atoms with Crippen LogP contribution in [-0.2, 0) is 13.1 Å². The molecular formula is C18H23N9O2. The zero-order valence-corrected chi connectivity index (χ0v) is 16.2. The molecule has 3 aromatic rings. The predicted molar refractivity (Wildman–Crippen MR) is 105 cm³/mol. The lowest BCUT2D eigenvalue weighted by atomic mass is 10.2. The molecule has 4 rings (SSSR count). The summed E-state index contributed by atoms with van der Waals surface area (Å²) >= 11 is 0. The van der Waals surface area contributed by atoms with Crippen molar-refractivity contribution >= 4 is 11.9 Å². The predicted octanol–water partition coefficient (Wildman–Crippen LogP) is 0.412. The lowest BCUT2D eigenvalue weighted by Gasteiger charge is -2.33. The Bertz CT molecular complexity index is 932. The topological polar surface area (TPSA) is 145 Å². The van der Waals surface area contributed by atoms with Gasteiger partial charge in [-0.15, -0.1) is 0 Å². The second-order valence-corrected chi connectivity index (χ2v) is 6.76. The molecule has 0 radical (unpaired) electrons. The Balaban J connectivity index is 1.30. The molecule has 1 saturated heterocycles. The van der Waals surface area contributed by atoms with Crippen LogP contribution < -0.4 is 16.2 Å². The molecule has 1 aliphatic heterocycles. The molecule has 2 aromatic heterocycles. The maximum Gasteiger partial charge on any atom is 0.241 e. The van der Waals surface area contributed by atoms with Crippen molar-refractivity contribution in [2.75, 3.05) is 44.8 Å². The van der Waals surface area contributed by atoms with Crippen molar-refractivity contribution in [2.24, 2.45) is 0 Å². The minimum Gasteiger partial charge on any atom is -0.497 e. The summed E-state index contributed by atoms with van der Waals surface area (Å²) in [4.78, 5) is 21.1. The van der Waals surface area contributed by atoms with E-state index in [1.54, 1.807) is 7.11 Å². The molecular weight excluding hydrogens is 374 g/mol. The van der Waals surface area contributed by atoms with Gasteiger partial charge >= 0.3 is 0 Å². The van der Waals surface area contributed by atoms with Crippen molar-refractivity contribution < 1.29 is 9.26 Å². The fourth-order valence-corrected chi connectivity index (χ4v) is 3.20. The average molecular weight is 397 g/mol. The van der Waals surface area contributed by atoms with Gasteiger partial charge in [0.1, 0.15) is 11.6 Å². The first-order valence-electron chi connectivity index (χ1n) is 9.26. The summed E-state index contributed by atoms with van der Waals surface area (Å²) in [5.41, 5.74) is 12.2. The van der Waals surface area contributed by atoms with E-state index in [9.17, 15) is 0 Å². The van der Waals surface area contributed by atoms with Crippen molar-refractivity contribution in [2.45, 2.75) is 13.1 Å². The van der Waals surface area contributed by atoms with E-state index in [2.05, 4.69) is 34.9 Å². The van der Waals surface area contributed by atoms with Crippen molar-refractivity contribution in [1.29, 1.82) is 0 Å². The number of nitrogens with zero attached hydrogens (tertiary/aromatic N) is 7. The summed E-state index contributed by atoms with van der Waals surface area (Å²) in [7, 11) is 1.64. The van der Waals surface area contributed by atoms with Crippen LogP contribution in [0.15, 0.2) is 28.8 Å². The standard InChI is InChI=1S/C18H23N9O2/c1-28-13-4-2-12(3-5-13)16-23-15(29-25-16)11-27-8-6-26(7-9-27)10-14-21-17(19)24-18(20)22-14/h2-5H,6-11H2,1H3,(H4,19,20,21,22,24). The fourth-order valence-electron chi connectivity index (χ4n) is 3.20. The van der Waals surface area contributed by atoms with Crippen LogP contribution in [0, 0.1) is 0 Å². The van der Waals surface area contributed by atoms with Gasteiger partial charge in [0, 0.05) is 31.7 Å². The number of ether oxygens (including phenoxy) is 1. The van der Waals surface area contributed by atoms with Gasteiger partial charge in [0.15, 0.2) is 0 Å². The van der Waals surface area contributed by atoms with Crippen molar-refractivity contribution in [1.82, 2.24) is 34.9 Å². The first-order valence-corrected chi connectivity index (χ1v) is 9.26. The Morgan fingerprint density at radius 3 is 2.14 bits per heavy atom. The maximum atomic E-state index is 5.63. The summed E-state index contributed by atoms with van der Waals surface area (Å²) in [6.07, 6.45) is 0. The monoisotopic (exact) mass is 397 g/mol. The van der Waals surface area contributed by atoms with Crippen LogP contribution in [0.3, 0.4) is 0 Å². The third kappa shape index (κ3) is 4.76. The molecule has 0 atom stereocenters. The number of piperazine rings is 1. The zero-order valence-electron chi connectivity index (χ0n) is 16.2. The summed E-state index contributed by atoms with van der Waals surface area (Å²) in [5, 5.41) is 4.08. The van der Waals surface area contributed by atoms with Crippen LogP contribution in [0.4, 0.5) is 11.9 Å². The molecule has 1 aliphatic rings. The fraction of sp³-hybridized carbons (Fsp3) is 0.389. The quantitative estimate of drug-likeness (QED) is 0.596. The Kier molecular flexibility index (Phi) is 5.49. The van der Waals surface area contributed by atoms with Gasteiger partial charge in [-0.2, -0.15) is 19.9 Å². The molecule has 1 fully saturated rings. The van der Waals surface area contributed by atoms with Crippen molar-refractivity contribution in [3.05, 3.63) is 36.0 Å².